The van der Waals surface area contributed by atoms with Gasteiger partial charge in [0.1, 0.15) is 0 Å². The molecule has 5 heteroatoms. The molecular formula is C13H17NO3S. The van der Waals surface area contributed by atoms with E-state index in [9.17, 15) is 15.0 Å². The van der Waals surface area contributed by atoms with Crippen LogP contribution in [0.2, 0.25) is 0 Å². The summed E-state index contributed by atoms with van der Waals surface area (Å²) in [6, 6.07) is 4.48. The van der Waals surface area contributed by atoms with E-state index < -0.39 is 0 Å². The molecule has 0 saturated carbocycles. The van der Waals surface area contributed by atoms with E-state index in [1.165, 1.54) is 6.07 Å². The zero-order valence-corrected chi connectivity index (χ0v) is 11.1. The van der Waals surface area contributed by atoms with Gasteiger partial charge in [0.2, 0.25) is 0 Å². The van der Waals surface area contributed by atoms with E-state index in [2.05, 4.69) is 6.92 Å². The van der Waals surface area contributed by atoms with Gasteiger partial charge < -0.3 is 15.1 Å². The minimum Gasteiger partial charge on any atom is -0.504 e. The number of para-hydroxylation sites is 1. The molecule has 4 nitrogen and oxygen atoms in total. The summed E-state index contributed by atoms with van der Waals surface area (Å²) in [5.41, 5.74) is 0.179. The van der Waals surface area contributed by atoms with Crippen LogP contribution in [-0.4, -0.2) is 38.7 Å². The maximum absolute atomic E-state index is 12.3. The van der Waals surface area contributed by atoms with E-state index in [1.54, 1.807) is 28.8 Å². The van der Waals surface area contributed by atoms with Gasteiger partial charge >= 0.3 is 0 Å². The van der Waals surface area contributed by atoms with Gasteiger partial charge in [0.25, 0.3) is 5.91 Å². The van der Waals surface area contributed by atoms with Gasteiger partial charge in [-0.3, -0.25) is 4.79 Å². The highest BCUT2D eigenvalue weighted by atomic mass is 32.2. The van der Waals surface area contributed by atoms with Gasteiger partial charge in [-0.1, -0.05) is 19.4 Å². The second kappa shape index (κ2) is 5.52. The lowest BCUT2D eigenvalue weighted by atomic mass is 10.1. The molecule has 0 bridgehead atoms. The molecule has 0 spiro atoms. The summed E-state index contributed by atoms with van der Waals surface area (Å²) in [4.78, 5) is 14.1. The van der Waals surface area contributed by atoms with Crippen molar-refractivity contribution >= 4 is 17.7 Å². The van der Waals surface area contributed by atoms with Gasteiger partial charge in [-0.15, -0.1) is 11.8 Å². The summed E-state index contributed by atoms with van der Waals surface area (Å²) in [7, 11) is 0. The fourth-order valence-corrected chi connectivity index (χ4v) is 3.46. The topological polar surface area (TPSA) is 60.8 Å². The number of hydrogen-bond acceptors (Lipinski definition) is 4. The first-order valence-electron chi connectivity index (χ1n) is 6.08. The van der Waals surface area contributed by atoms with Crippen LogP contribution in [0.3, 0.4) is 0 Å². The number of thioether (sulfide) groups is 1. The first-order chi connectivity index (χ1) is 8.65. The maximum Gasteiger partial charge on any atom is 0.258 e. The molecule has 1 fully saturated rings. The fourth-order valence-electron chi connectivity index (χ4n) is 2.10. The number of hydrogen-bond donors (Lipinski definition) is 2. The van der Waals surface area contributed by atoms with Crippen LogP contribution in [0.1, 0.15) is 30.1 Å². The molecule has 1 aromatic rings. The van der Waals surface area contributed by atoms with E-state index in [1.807, 2.05) is 0 Å². The van der Waals surface area contributed by atoms with Crippen molar-refractivity contribution in [2.75, 3.05) is 12.3 Å². The number of aromatic hydroxyl groups is 2. The second-order valence-corrected chi connectivity index (χ2v) is 5.57. The molecule has 18 heavy (non-hydrogen) atoms. The smallest absolute Gasteiger partial charge is 0.258 e. The SMILES string of the molecule is CCCC1SCCN1C(=O)c1cccc(O)c1O. The summed E-state index contributed by atoms with van der Waals surface area (Å²) >= 11 is 1.77. The Morgan fingerprint density at radius 2 is 2.28 bits per heavy atom. The molecule has 1 aromatic carbocycles. The van der Waals surface area contributed by atoms with Crippen LogP contribution in [0.5, 0.6) is 11.5 Å². The van der Waals surface area contributed by atoms with Crippen molar-refractivity contribution in [2.24, 2.45) is 0 Å². The van der Waals surface area contributed by atoms with Gasteiger partial charge in [-0.2, -0.15) is 0 Å². The maximum atomic E-state index is 12.3. The first-order valence-corrected chi connectivity index (χ1v) is 7.13. The zero-order valence-electron chi connectivity index (χ0n) is 10.3. The van der Waals surface area contributed by atoms with Crippen LogP contribution >= 0.6 is 11.8 Å². The van der Waals surface area contributed by atoms with Gasteiger partial charge in [0.05, 0.1) is 10.9 Å². The first kappa shape index (κ1) is 13.1. The monoisotopic (exact) mass is 267 g/mol. The summed E-state index contributed by atoms with van der Waals surface area (Å²) in [6.45, 7) is 2.79. The van der Waals surface area contributed by atoms with Crippen molar-refractivity contribution < 1.29 is 15.0 Å². The molecule has 0 radical (unpaired) electrons. The molecule has 0 aliphatic carbocycles. The Morgan fingerprint density at radius 1 is 1.50 bits per heavy atom. The average molecular weight is 267 g/mol. The lowest BCUT2D eigenvalue weighted by Gasteiger charge is -2.23. The second-order valence-electron chi connectivity index (χ2n) is 4.29. The van der Waals surface area contributed by atoms with E-state index in [-0.39, 0.29) is 28.3 Å². The highest BCUT2D eigenvalue weighted by Gasteiger charge is 2.30. The Bertz CT molecular complexity index is 450. The Kier molecular flexibility index (Phi) is 4.01. The van der Waals surface area contributed by atoms with Crippen molar-refractivity contribution in [1.29, 1.82) is 0 Å². The standard InChI is InChI=1S/C13H17NO3S/c1-2-4-11-14(7-8-18-11)13(17)9-5-3-6-10(15)12(9)16/h3,5-6,11,15-16H,2,4,7-8H2,1H3. The predicted octanol–water partition coefficient (Wildman–Crippen LogP) is 2.41. The zero-order chi connectivity index (χ0) is 13.1. The third-order valence-corrected chi connectivity index (χ3v) is 4.32. The molecule has 98 valence electrons. The van der Waals surface area contributed by atoms with Crippen molar-refractivity contribution in [3.05, 3.63) is 23.8 Å². The molecule has 1 aliphatic rings. The molecule has 0 aromatic heterocycles. The summed E-state index contributed by atoms with van der Waals surface area (Å²) in [5.74, 6) is 0.150. The molecule has 1 unspecified atom stereocenters. The lowest BCUT2D eigenvalue weighted by Crippen LogP contribution is -2.34. The molecule has 2 rings (SSSR count). The van der Waals surface area contributed by atoms with E-state index in [4.69, 9.17) is 0 Å². The van der Waals surface area contributed by atoms with Crippen LogP contribution in [0.25, 0.3) is 0 Å². The summed E-state index contributed by atoms with van der Waals surface area (Å²) in [6.07, 6.45) is 1.98. The largest absolute Gasteiger partial charge is 0.504 e. The third kappa shape index (κ3) is 2.41. The van der Waals surface area contributed by atoms with Gasteiger partial charge in [-0.25, -0.2) is 0 Å². The van der Waals surface area contributed by atoms with Crippen LogP contribution in [0.4, 0.5) is 0 Å². The van der Waals surface area contributed by atoms with Crippen LogP contribution in [0.15, 0.2) is 18.2 Å². The minimum atomic E-state index is -0.324. The van der Waals surface area contributed by atoms with E-state index in [0.29, 0.717) is 6.54 Å². The van der Waals surface area contributed by atoms with E-state index in [0.717, 1.165) is 18.6 Å². The highest BCUT2D eigenvalue weighted by molar-refractivity contribution is 8.00. The minimum absolute atomic E-state index is 0.179. The van der Waals surface area contributed by atoms with Crippen LogP contribution in [0, 0.1) is 0 Å². The Hall–Kier alpha value is -1.36. The van der Waals surface area contributed by atoms with Crippen LogP contribution in [-0.2, 0) is 0 Å². The molecule has 1 heterocycles. The quantitative estimate of drug-likeness (QED) is 0.826. The molecule has 1 aliphatic heterocycles. The van der Waals surface area contributed by atoms with Crippen LogP contribution < -0.4 is 0 Å². The predicted molar refractivity (Wildman–Crippen MR) is 72.0 cm³/mol. The number of amides is 1. The number of carbonyl (C=O) groups is 1. The third-order valence-electron chi connectivity index (χ3n) is 3.03. The van der Waals surface area contributed by atoms with Crippen molar-refractivity contribution in [1.82, 2.24) is 4.90 Å². The number of phenolic OH excluding ortho intramolecular Hbond substituents is 2. The normalized spacial score (nSPS) is 19.2. The summed E-state index contributed by atoms with van der Waals surface area (Å²) < 4.78 is 0. The molecular weight excluding hydrogens is 250 g/mol. The Labute approximate surface area is 111 Å². The molecule has 2 N–H and O–H groups in total. The lowest BCUT2D eigenvalue weighted by molar-refractivity contribution is 0.0752. The molecule has 1 saturated heterocycles. The van der Waals surface area contributed by atoms with Gasteiger partial charge in [0.15, 0.2) is 11.5 Å². The Morgan fingerprint density at radius 3 is 3.00 bits per heavy atom. The van der Waals surface area contributed by atoms with Gasteiger partial charge in [0, 0.05) is 12.3 Å². The van der Waals surface area contributed by atoms with E-state index >= 15 is 0 Å². The number of nitrogens with zero attached hydrogens (tertiary/aromatic N) is 1. The average Bonchev–Trinajstić information content (AvgIpc) is 2.80. The van der Waals surface area contributed by atoms with Crippen molar-refractivity contribution in [3.63, 3.8) is 0 Å². The van der Waals surface area contributed by atoms with Crippen molar-refractivity contribution in [3.8, 4) is 11.5 Å². The molecule has 1 amide bonds. The summed E-state index contributed by atoms with van der Waals surface area (Å²) in [5, 5.41) is 19.4. The number of carbonyl (C=O) groups excluding carboxylic acids is 1. The number of rotatable bonds is 3. The van der Waals surface area contributed by atoms with Gasteiger partial charge in [-0.05, 0) is 18.6 Å². The Balaban J connectivity index is 2.23. The fraction of sp³-hybridized carbons (Fsp3) is 0.462. The molecule has 1 atom stereocenters. The number of benzene rings is 1. The van der Waals surface area contributed by atoms with Crippen molar-refractivity contribution in [2.45, 2.75) is 25.1 Å². The highest BCUT2D eigenvalue weighted by Crippen LogP contribution is 2.33. The number of phenols is 2.